The smallest absolute Gasteiger partial charge is 0.239 e. The molecule has 0 aromatic heterocycles. The van der Waals surface area contributed by atoms with Crippen molar-refractivity contribution in [1.29, 1.82) is 0 Å². The summed E-state index contributed by atoms with van der Waals surface area (Å²) in [7, 11) is 0. The zero-order valence-electron chi connectivity index (χ0n) is 13.8. The average molecular weight is 367 g/mol. The van der Waals surface area contributed by atoms with Gasteiger partial charge in [0.2, 0.25) is 5.91 Å². The number of halogens is 1. The number of nitrogens with one attached hydrogen (secondary N) is 1. The van der Waals surface area contributed by atoms with E-state index in [9.17, 15) is 4.79 Å². The monoisotopic (exact) mass is 366 g/mol. The molecule has 1 heterocycles. The molecule has 0 radical (unpaired) electrons. The first kappa shape index (κ1) is 17.5. The Bertz CT molecular complexity index is 506. The first-order valence-corrected chi connectivity index (χ1v) is 9.14. The van der Waals surface area contributed by atoms with Crippen molar-refractivity contribution in [2.75, 3.05) is 6.54 Å². The van der Waals surface area contributed by atoms with Crippen LogP contribution in [-0.4, -0.2) is 29.4 Å². The molecule has 1 aromatic carbocycles. The molecule has 22 heavy (non-hydrogen) atoms. The molecule has 1 aliphatic heterocycles. The summed E-state index contributed by atoms with van der Waals surface area (Å²) in [6.45, 7) is 7.18. The van der Waals surface area contributed by atoms with Crippen molar-refractivity contribution >= 4 is 21.8 Å². The van der Waals surface area contributed by atoms with Crippen molar-refractivity contribution in [3.05, 3.63) is 34.3 Å². The predicted octanol–water partition coefficient (Wildman–Crippen LogP) is 4.28. The largest absolute Gasteiger partial charge is 0.338 e. The maximum absolute atomic E-state index is 12.8. The van der Waals surface area contributed by atoms with E-state index >= 15 is 0 Å². The van der Waals surface area contributed by atoms with Crippen molar-refractivity contribution in [1.82, 2.24) is 10.2 Å². The van der Waals surface area contributed by atoms with Crippen molar-refractivity contribution in [2.24, 2.45) is 0 Å². The van der Waals surface area contributed by atoms with E-state index in [-0.39, 0.29) is 18.0 Å². The zero-order chi connectivity index (χ0) is 16.1. The lowest BCUT2D eigenvalue weighted by Gasteiger charge is -2.37. The van der Waals surface area contributed by atoms with E-state index in [0.29, 0.717) is 6.04 Å². The molecule has 1 amide bonds. The van der Waals surface area contributed by atoms with Gasteiger partial charge in [0.25, 0.3) is 0 Å². The highest BCUT2D eigenvalue weighted by atomic mass is 79.9. The summed E-state index contributed by atoms with van der Waals surface area (Å²) in [6, 6.07) is 8.57. The van der Waals surface area contributed by atoms with Crippen molar-refractivity contribution in [3.8, 4) is 0 Å². The van der Waals surface area contributed by atoms with E-state index in [1.807, 2.05) is 25.1 Å². The molecule has 0 saturated carbocycles. The first-order chi connectivity index (χ1) is 10.5. The van der Waals surface area contributed by atoms with Gasteiger partial charge >= 0.3 is 0 Å². The third-order valence-electron chi connectivity index (χ3n) is 4.62. The van der Waals surface area contributed by atoms with Crippen LogP contribution in [0.3, 0.4) is 0 Å². The van der Waals surface area contributed by atoms with Gasteiger partial charge in [-0.1, -0.05) is 41.1 Å². The van der Waals surface area contributed by atoms with Gasteiger partial charge in [-0.25, -0.2) is 0 Å². The number of hydrogen-bond donors (Lipinski definition) is 1. The second kappa shape index (κ2) is 8.11. The van der Waals surface area contributed by atoms with Gasteiger partial charge in [0.05, 0.1) is 6.04 Å². The minimum absolute atomic E-state index is 0.138. The van der Waals surface area contributed by atoms with E-state index in [2.05, 4.69) is 46.1 Å². The molecule has 1 fully saturated rings. The number of carbonyl (C=O) groups excluding carboxylic acids is 1. The summed E-state index contributed by atoms with van der Waals surface area (Å²) < 4.78 is 1.08. The van der Waals surface area contributed by atoms with Crippen LogP contribution in [0.5, 0.6) is 0 Å². The SMILES string of the molecule is CCC1CCCCN1C(=O)C(C)NC(C)c1ccccc1Br. The van der Waals surface area contributed by atoms with Crippen LogP contribution in [0.4, 0.5) is 0 Å². The molecule has 1 N–H and O–H groups in total. The third kappa shape index (κ3) is 4.11. The molecule has 1 aliphatic rings. The topological polar surface area (TPSA) is 32.3 Å². The fourth-order valence-electron chi connectivity index (χ4n) is 3.33. The summed E-state index contributed by atoms with van der Waals surface area (Å²) in [6.07, 6.45) is 4.58. The van der Waals surface area contributed by atoms with Crippen LogP contribution in [0, 0.1) is 0 Å². The number of piperidine rings is 1. The molecule has 0 aliphatic carbocycles. The van der Waals surface area contributed by atoms with Crippen LogP contribution in [0.15, 0.2) is 28.7 Å². The first-order valence-electron chi connectivity index (χ1n) is 8.35. The molecule has 1 saturated heterocycles. The number of nitrogens with zero attached hydrogens (tertiary/aromatic N) is 1. The molecule has 2 rings (SSSR count). The Morgan fingerprint density at radius 2 is 2.09 bits per heavy atom. The lowest BCUT2D eigenvalue weighted by atomic mass is 9.99. The van der Waals surface area contributed by atoms with Crippen LogP contribution in [0.1, 0.15) is 58.1 Å². The van der Waals surface area contributed by atoms with Crippen LogP contribution >= 0.6 is 15.9 Å². The molecule has 122 valence electrons. The van der Waals surface area contributed by atoms with E-state index in [0.717, 1.165) is 30.3 Å². The Labute approximate surface area is 142 Å². The summed E-state index contributed by atoms with van der Waals surface area (Å²) in [4.78, 5) is 14.9. The molecule has 3 nitrogen and oxygen atoms in total. The Morgan fingerprint density at radius 3 is 2.77 bits per heavy atom. The van der Waals surface area contributed by atoms with Gasteiger partial charge in [-0.05, 0) is 51.2 Å². The normalized spacial score (nSPS) is 21.5. The lowest BCUT2D eigenvalue weighted by Crippen LogP contribution is -2.51. The van der Waals surface area contributed by atoms with E-state index in [1.165, 1.54) is 12.0 Å². The minimum Gasteiger partial charge on any atom is -0.338 e. The molecule has 1 aromatic rings. The van der Waals surface area contributed by atoms with Gasteiger partial charge < -0.3 is 4.90 Å². The second-order valence-corrected chi connectivity index (χ2v) is 7.08. The predicted molar refractivity (Wildman–Crippen MR) is 94.8 cm³/mol. The van der Waals surface area contributed by atoms with Gasteiger partial charge in [-0.15, -0.1) is 0 Å². The standard InChI is InChI=1S/C18H27BrN2O/c1-4-15-9-7-8-12-21(15)18(22)14(3)20-13(2)16-10-5-6-11-17(16)19/h5-6,10-11,13-15,20H,4,7-9,12H2,1-3H3. The Kier molecular flexibility index (Phi) is 6.45. The van der Waals surface area contributed by atoms with Gasteiger partial charge in [0.1, 0.15) is 0 Å². The molecule has 0 spiro atoms. The average Bonchev–Trinajstić information content (AvgIpc) is 2.54. The molecule has 3 atom stereocenters. The molecule has 3 unspecified atom stereocenters. The number of hydrogen-bond acceptors (Lipinski definition) is 2. The fraction of sp³-hybridized carbons (Fsp3) is 0.611. The number of likely N-dealkylation sites (tertiary alicyclic amines) is 1. The summed E-state index contributed by atoms with van der Waals surface area (Å²) in [5.41, 5.74) is 1.19. The number of rotatable bonds is 5. The van der Waals surface area contributed by atoms with Crippen LogP contribution < -0.4 is 5.32 Å². The van der Waals surface area contributed by atoms with Crippen LogP contribution in [0.25, 0.3) is 0 Å². The highest BCUT2D eigenvalue weighted by Gasteiger charge is 2.29. The Morgan fingerprint density at radius 1 is 1.36 bits per heavy atom. The van der Waals surface area contributed by atoms with Crippen molar-refractivity contribution in [2.45, 2.75) is 64.6 Å². The van der Waals surface area contributed by atoms with Crippen molar-refractivity contribution < 1.29 is 4.79 Å². The molecule has 4 heteroatoms. The van der Waals surface area contributed by atoms with Gasteiger partial charge in [-0.3, -0.25) is 10.1 Å². The maximum Gasteiger partial charge on any atom is 0.239 e. The van der Waals surface area contributed by atoms with Gasteiger partial charge in [0, 0.05) is 23.1 Å². The number of benzene rings is 1. The van der Waals surface area contributed by atoms with Crippen molar-refractivity contribution in [3.63, 3.8) is 0 Å². The van der Waals surface area contributed by atoms with Crippen LogP contribution in [0.2, 0.25) is 0 Å². The molecular weight excluding hydrogens is 340 g/mol. The Hall–Kier alpha value is -0.870. The summed E-state index contributed by atoms with van der Waals surface area (Å²) >= 11 is 3.59. The quantitative estimate of drug-likeness (QED) is 0.843. The lowest BCUT2D eigenvalue weighted by molar-refractivity contribution is -0.137. The van der Waals surface area contributed by atoms with Crippen LogP contribution in [-0.2, 0) is 4.79 Å². The highest BCUT2D eigenvalue weighted by molar-refractivity contribution is 9.10. The minimum atomic E-state index is -0.158. The van der Waals surface area contributed by atoms with Gasteiger partial charge in [0.15, 0.2) is 0 Å². The molecule has 0 bridgehead atoms. The number of carbonyl (C=O) groups is 1. The zero-order valence-corrected chi connectivity index (χ0v) is 15.4. The maximum atomic E-state index is 12.8. The second-order valence-electron chi connectivity index (χ2n) is 6.22. The highest BCUT2D eigenvalue weighted by Crippen LogP contribution is 2.24. The Balaban J connectivity index is 2.00. The molecular formula is C18H27BrN2O. The fourth-order valence-corrected chi connectivity index (χ4v) is 3.95. The number of amides is 1. The summed E-state index contributed by atoms with van der Waals surface area (Å²) in [5.74, 6) is 0.241. The van der Waals surface area contributed by atoms with Gasteiger partial charge in [-0.2, -0.15) is 0 Å². The third-order valence-corrected chi connectivity index (χ3v) is 5.35. The summed E-state index contributed by atoms with van der Waals surface area (Å²) in [5, 5.41) is 3.46. The van der Waals surface area contributed by atoms with E-state index in [4.69, 9.17) is 0 Å². The van der Waals surface area contributed by atoms with E-state index in [1.54, 1.807) is 0 Å². The van der Waals surface area contributed by atoms with E-state index < -0.39 is 0 Å².